The average Bonchev–Trinajstić information content (AvgIpc) is 3.33. The van der Waals surface area contributed by atoms with E-state index in [0.717, 1.165) is 41.4 Å². The van der Waals surface area contributed by atoms with Crippen LogP contribution in [0, 0.1) is 12.8 Å². The number of H-pyrrole nitrogens is 1. The van der Waals surface area contributed by atoms with Crippen LogP contribution in [0.25, 0.3) is 33.4 Å². The second-order valence-electron chi connectivity index (χ2n) is 8.65. The number of carbonyl (C=O) groups is 1. The molecule has 1 saturated heterocycles. The van der Waals surface area contributed by atoms with E-state index in [1.165, 1.54) is 0 Å². The third-order valence-electron chi connectivity index (χ3n) is 6.36. The molecule has 0 bridgehead atoms. The number of nitrogens with zero attached hydrogens (tertiary/aromatic N) is 5. The number of aromatic amines is 1. The number of pyridine rings is 1. The number of hydrogen-bond acceptors (Lipinski definition) is 8. The first kappa shape index (κ1) is 21.8. The molecule has 0 saturated carbocycles. The number of primary amides is 1. The molecule has 174 valence electrons. The maximum atomic E-state index is 12.3. The first-order chi connectivity index (χ1) is 16.5. The SMILES string of the molecule is Cc1ccc2[nH]ncc2c1-c1cc(-c2ccnc(N3CCCC(CO)C3)n2)nc(C(N)=O)c1N. The fourth-order valence-electron chi connectivity index (χ4n) is 4.60. The summed E-state index contributed by atoms with van der Waals surface area (Å²) in [5.74, 6) is 0.0421. The molecule has 10 heteroatoms. The first-order valence-corrected chi connectivity index (χ1v) is 11.2. The van der Waals surface area contributed by atoms with Gasteiger partial charge in [-0.3, -0.25) is 9.89 Å². The Hall–Kier alpha value is -4.05. The molecule has 5 rings (SSSR count). The predicted octanol–water partition coefficient (Wildman–Crippen LogP) is 2.28. The number of amides is 1. The molecular formula is C24H26N8O2. The molecule has 4 heterocycles. The van der Waals surface area contributed by atoms with Crippen LogP contribution in [0.2, 0.25) is 0 Å². The normalized spacial score (nSPS) is 16.2. The molecule has 34 heavy (non-hydrogen) atoms. The van der Waals surface area contributed by atoms with Crippen molar-refractivity contribution in [3.05, 3.63) is 47.9 Å². The number of nitrogen functional groups attached to an aromatic ring is 1. The summed E-state index contributed by atoms with van der Waals surface area (Å²) in [5.41, 5.74) is 16.6. The van der Waals surface area contributed by atoms with E-state index in [9.17, 15) is 9.90 Å². The van der Waals surface area contributed by atoms with Crippen molar-refractivity contribution in [2.24, 2.45) is 11.7 Å². The number of rotatable bonds is 5. The Morgan fingerprint density at radius 3 is 2.91 bits per heavy atom. The van der Waals surface area contributed by atoms with Crippen LogP contribution in [0.1, 0.15) is 28.9 Å². The molecule has 4 aromatic rings. The van der Waals surface area contributed by atoms with Gasteiger partial charge < -0.3 is 21.5 Å². The number of aryl methyl sites for hydroxylation is 1. The number of hydrogen-bond donors (Lipinski definition) is 4. The van der Waals surface area contributed by atoms with Crippen molar-refractivity contribution in [3.63, 3.8) is 0 Å². The highest BCUT2D eigenvalue weighted by Gasteiger charge is 2.23. The summed E-state index contributed by atoms with van der Waals surface area (Å²) >= 11 is 0. The number of piperidine rings is 1. The molecule has 1 amide bonds. The second-order valence-corrected chi connectivity index (χ2v) is 8.65. The lowest BCUT2D eigenvalue weighted by Gasteiger charge is -2.31. The monoisotopic (exact) mass is 458 g/mol. The minimum atomic E-state index is -0.714. The van der Waals surface area contributed by atoms with Gasteiger partial charge in [-0.15, -0.1) is 0 Å². The molecule has 1 atom stereocenters. The van der Waals surface area contributed by atoms with Crippen molar-refractivity contribution in [3.8, 4) is 22.5 Å². The van der Waals surface area contributed by atoms with Gasteiger partial charge in [-0.2, -0.15) is 5.10 Å². The van der Waals surface area contributed by atoms with E-state index in [-0.39, 0.29) is 23.9 Å². The zero-order valence-electron chi connectivity index (χ0n) is 18.8. The fraction of sp³-hybridized carbons (Fsp3) is 0.292. The summed E-state index contributed by atoms with van der Waals surface area (Å²) in [6.07, 6.45) is 5.35. The Morgan fingerprint density at radius 1 is 1.26 bits per heavy atom. The van der Waals surface area contributed by atoms with Gasteiger partial charge in [0.25, 0.3) is 5.91 Å². The van der Waals surface area contributed by atoms with Crippen LogP contribution < -0.4 is 16.4 Å². The Morgan fingerprint density at radius 2 is 2.12 bits per heavy atom. The van der Waals surface area contributed by atoms with Crippen molar-refractivity contribution in [2.45, 2.75) is 19.8 Å². The Balaban J connectivity index is 1.65. The van der Waals surface area contributed by atoms with Gasteiger partial charge in [0.05, 0.1) is 28.8 Å². The van der Waals surface area contributed by atoms with Gasteiger partial charge in [-0.25, -0.2) is 15.0 Å². The van der Waals surface area contributed by atoms with Gasteiger partial charge in [0.2, 0.25) is 5.95 Å². The van der Waals surface area contributed by atoms with Crippen LogP contribution in [0.5, 0.6) is 0 Å². The maximum absolute atomic E-state index is 12.3. The molecule has 1 unspecified atom stereocenters. The van der Waals surface area contributed by atoms with Crippen molar-refractivity contribution < 1.29 is 9.90 Å². The van der Waals surface area contributed by atoms with Crippen molar-refractivity contribution in [1.82, 2.24) is 25.1 Å². The quantitative estimate of drug-likeness (QED) is 0.354. The van der Waals surface area contributed by atoms with Crippen LogP contribution in [0.3, 0.4) is 0 Å². The standard InChI is InChI=1S/C24H26N8O2/c1-13-4-5-17-16(10-28-31-17)20(13)15-9-19(29-22(21(15)25)23(26)34)18-6-7-27-24(30-18)32-8-2-3-14(11-32)12-33/h4-7,9-10,14,33H,2-3,8,11-12,25H2,1H3,(H2,26,34)(H,28,31). The lowest BCUT2D eigenvalue weighted by Crippen LogP contribution is -2.37. The van der Waals surface area contributed by atoms with E-state index < -0.39 is 5.91 Å². The molecule has 1 aromatic carbocycles. The maximum Gasteiger partial charge on any atom is 0.269 e. The number of anilines is 2. The predicted molar refractivity (Wildman–Crippen MR) is 130 cm³/mol. The number of benzene rings is 1. The molecule has 6 N–H and O–H groups in total. The Bertz CT molecular complexity index is 1380. The third kappa shape index (κ3) is 3.81. The van der Waals surface area contributed by atoms with Crippen molar-refractivity contribution in [1.29, 1.82) is 0 Å². The van der Waals surface area contributed by atoms with Crippen molar-refractivity contribution in [2.75, 3.05) is 30.3 Å². The number of fused-ring (bicyclic) bond motifs is 1. The van der Waals surface area contributed by atoms with Crippen molar-refractivity contribution >= 4 is 28.4 Å². The molecular weight excluding hydrogens is 432 g/mol. The second kappa shape index (κ2) is 8.71. The molecule has 1 aliphatic heterocycles. The number of nitrogens with two attached hydrogens (primary N) is 2. The molecule has 1 aliphatic rings. The number of aliphatic hydroxyl groups excluding tert-OH is 1. The van der Waals surface area contributed by atoms with Crippen LogP contribution >= 0.6 is 0 Å². The first-order valence-electron chi connectivity index (χ1n) is 11.2. The number of aromatic nitrogens is 5. The van der Waals surface area contributed by atoms with E-state index in [1.807, 2.05) is 25.1 Å². The molecule has 1 fully saturated rings. The highest BCUT2D eigenvalue weighted by atomic mass is 16.3. The minimum Gasteiger partial charge on any atom is -0.396 e. The topological polar surface area (TPSA) is 160 Å². The lowest BCUT2D eigenvalue weighted by molar-refractivity contribution is 0.0996. The largest absolute Gasteiger partial charge is 0.396 e. The molecule has 3 aromatic heterocycles. The van der Waals surface area contributed by atoms with Gasteiger partial charge in [0.1, 0.15) is 0 Å². The Kier molecular flexibility index (Phi) is 5.58. The number of nitrogens with one attached hydrogen (secondary N) is 1. The van der Waals surface area contributed by atoms with Gasteiger partial charge in [-0.05, 0) is 55.0 Å². The van der Waals surface area contributed by atoms with Crippen LogP contribution in [-0.2, 0) is 0 Å². The summed E-state index contributed by atoms with van der Waals surface area (Å²) in [7, 11) is 0. The highest BCUT2D eigenvalue weighted by molar-refractivity contribution is 6.05. The van der Waals surface area contributed by atoms with Crippen LogP contribution in [-0.4, -0.2) is 55.9 Å². The van der Waals surface area contributed by atoms with E-state index in [4.69, 9.17) is 16.5 Å². The lowest BCUT2D eigenvalue weighted by atomic mass is 9.94. The molecule has 0 spiro atoms. The van der Waals surface area contributed by atoms with Gasteiger partial charge in [-0.1, -0.05) is 6.07 Å². The summed E-state index contributed by atoms with van der Waals surface area (Å²) in [6, 6.07) is 7.49. The van der Waals surface area contributed by atoms with Gasteiger partial charge in [0, 0.05) is 36.8 Å². The molecule has 0 aliphatic carbocycles. The van der Waals surface area contributed by atoms with E-state index in [0.29, 0.717) is 29.4 Å². The Labute approximate surface area is 196 Å². The molecule has 10 nitrogen and oxygen atoms in total. The average molecular weight is 459 g/mol. The smallest absolute Gasteiger partial charge is 0.269 e. The van der Waals surface area contributed by atoms with Crippen LogP contribution in [0.15, 0.2) is 36.7 Å². The number of carbonyl (C=O) groups excluding carboxylic acids is 1. The summed E-state index contributed by atoms with van der Waals surface area (Å²) < 4.78 is 0. The van der Waals surface area contributed by atoms with Gasteiger partial charge >= 0.3 is 0 Å². The minimum absolute atomic E-state index is 0.00845. The summed E-state index contributed by atoms with van der Waals surface area (Å²) in [6.45, 7) is 3.62. The van der Waals surface area contributed by atoms with Crippen LogP contribution in [0.4, 0.5) is 11.6 Å². The van der Waals surface area contributed by atoms with E-state index in [1.54, 1.807) is 18.5 Å². The zero-order chi connectivity index (χ0) is 23.8. The summed E-state index contributed by atoms with van der Waals surface area (Å²) in [4.78, 5) is 28.0. The van der Waals surface area contributed by atoms with E-state index >= 15 is 0 Å². The summed E-state index contributed by atoms with van der Waals surface area (Å²) in [5, 5.41) is 17.6. The zero-order valence-corrected chi connectivity index (χ0v) is 18.8. The van der Waals surface area contributed by atoms with Gasteiger partial charge in [0.15, 0.2) is 5.69 Å². The fourth-order valence-corrected chi connectivity index (χ4v) is 4.60. The number of aliphatic hydroxyl groups is 1. The third-order valence-corrected chi connectivity index (χ3v) is 6.36. The highest BCUT2D eigenvalue weighted by Crippen LogP contribution is 2.37. The van der Waals surface area contributed by atoms with E-state index in [2.05, 4.69) is 25.1 Å². The molecule has 0 radical (unpaired) electrons.